The van der Waals surface area contributed by atoms with Gasteiger partial charge in [-0.2, -0.15) is 0 Å². The maximum Gasteiger partial charge on any atom is 0.0959 e. The quantitative estimate of drug-likeness (QED) is 0.804. The Bertz CT molecular complexity index is 521. The highest BCUT2D eigenvalue weighted by Crippen LogP contribution is 2.23. The van der Waals surface area contributed by atoms with E-state index in [1.807, 2.05) is 30.5 Å². The monoisotopic (exact) mass is 305 g/mol. The fraction of sp³-hybridized carbons (Fsp3) is 0.471. The lowest BCUT2D eigenvalue weighted by molar-refractivity contribution is -0.0363. The van der Waals surface area contributed by atoms with E-state index in [2.05, 4.69) is 24.0 Å². The number of rotatable bonds is 8. The van der Waals surface area contributed by atoms with Crippen LogP contribution in [0.4, 0.5) is 0 Å². The molecule has 21 heavy (non-hydrogen) atoms. The Morgan fingerprint density at radius 3 is 2.67 bits per heavy atom. The van der Waals surface area contributed by atoms with E-state index in [0.717, 1.165) is 29.1 Å². The van der Waals surface area contributed by atoms with E-state index >= 15 is 0 Å². The Balaban J connectivity index is 2.01. The standard InChI is InChI=1S/C17H23NO2S/c1-3-8-16(20-4-2)15(19)11-17-18-14(12-21-17)13-9-6-5-7-10-13/h5-7,9-10,12,15-16,19H,3-4,8,11H2,1-2H3. The average molecular weight is 305 g/mol. The van der Waals surface area contributed by atoms with Crippen LogP contribution in [0.2, 0.25) is 0 Å². The van der Waals surface area contributed by atoms with E-state index in [0.29, 0.717) is 13.0 Å². The number of hydrogen-bond acceptors (Lipinski definition) is 4. The lowest BCUT2D eigenvalue weighted by Gasteiger charge is -2.21. The molecule has 3 nitrogen and oxygen atoms in total. The van der Waals surface area contributed by atoms with Crippen molar-refractivity contribution in [3.05, 3.63) is 40.7 Å². The first-order valence-electron chi connectivity index (χ1n) is 7.54. The van der Waals surface area contributed by atoms with E-state index in [1.165, 1.54) is 0 Å². The van der Waals surface area contributed by atoms with Gasteiger partial charge >= 0.3 is 0 Å². The van der Waals surface area contributed by atoms with Gasteiger partial charge < -0.3 is 9.84 Å². The van der Waals surface area contributed by atoms with Crippen molar-refractivity contribution >= 4 is 11.3 Å². The second-order valence-corrected chi connectivity index (χ2v) is 5.99. The van der Waals surface area contributed by atoms with E-state index in [-0.39, 0.29) is 6.10 Å². The van der Waals surface area contributed by atoms with Gasteiger partial charge in [-0.1, -0.05) is 43.7 Å². The van der Waals surface area contributed by atoms with Gasteiger partial charge in [-0.3, -0.25) is 0 Å². The van der Waals surface area contributed by atoms with Crippen molar-refractivity contribution in [1.82, 2.24) is 4.98 Å². The summed E-state index contributed by atoms with van der Waals surface area (Å²) in [6, 6.07) is 10.1. The normalized spacial score (nSPS) is 14.0. The Kier molecular flexibility index (Phi) is 6.36. The van der Waals surface area contributed by atoms with Gasteiger partial charge in [-0.05, 0) is 13.3 Å². The zero-order valence-corrected chi connectivity index (χ0v) is 13.5. The van der Waals surface area contributed by atoms with Crippen LogP contribution in [0.1, 0.15) is 31.7 Å². The molecule has 2 unspecified atom stereocenters. The van der Waals surface area contributed by atoms with Crippen molar-refractivity contribution in [2.75, 3.05) is 6.61 Å². The van der Waals surface area contributed by atoms with Gasteiger partial charge in [0, 0.05) is 24.0 Å². The molecule has 0 aliphatic heterocycles. The third kappa shape index (κ3) is 4.63. The minimum Gasteiger partial charge on any atom is -0.390 e. The molecule has 0 radical (unpaired) electrons. The SMILES string of the molecule is CCCC(OCC)C(O)Cc1nc(-c2ccccc2)cs1. The summed E-state index contributed by atoms with van der Waals surface area (Å²) in [5, 5.41) is 13.4. The van der Waals surface area contributed by atoms with Gasteiger partial charge in [0.25, 0.3) is 0 Å². The molecule has 2 atom stereocenters. The summed E-state index contributed by atoms with van der Waals surface area (Å²) in [7, 11) is 0. The lowest BCUT2D eigenvalue weighted by atomic mass is 10.1. The second-order valence-electron chi connectivity index (χ2n) is 5.05. The molecule has 0 aliphatic rings. The highest BCUT2D eigenvalue weighted by Gasteiger charge is 2.20. The minimum atomic E-state index is -0.486. The molecule has 0 fully saturated rings. The first-order chi connectivity index (χ1) is 10.2. The minimum absolute atomic E-state index is 0.0934. The third-order valence-corrected chi connectivity index (χ3v) is 4.26. The Morgan fingerprint density at radius 2 is 2.00 bits per heavy atom. The number of hydrogen-bond donors (Lipinski definition) is 1. The van der Waals surface area contributed by atoms with Crippen LogP contribution in [-0.2, 0) is 11.2 Å². The zero-order valence-electron chi connectivity index (χ0n) is 12.7. The number of thiazole rings is 1. The molecule has 2 aromatic rings. The number of aliphatic hydroxyl groups excluding tert-OH is 1. The van der Waals surface area contributed by atoms with Gasteiger partial charge in [-0.25, -0.2) is 4.98 Å². The maximum atomic E-state index is 10.3. The molecule has 2 rings (SSSR count). The summed E-state index contributed by atoms with van der Waals surface area (Å²) < 4.78 is 5.63. The molecule has 1 N–H and O–H groups in total. The first-order valence-corrected chi connectivity index (χ1v) is 8.42. The van der Waals surface area contributed by atoms with Crippen LogP contribution in [0.5, 0.6) is 0 Å². The molecule has 0 aliphatic carbocycles. The van der Waals surface area contributed by atoms with Crippen molar-refractivity contribution in [3.63, 3.8) is 0 Å². The topological polar surface area (TPSA) is 42.4 Å². The van der Waals surface area contributed by atoms with Crippen LogP contribution in [0.15, 0.2) is 35.7 Å². The van der Waals surface area contributed by atoms with Crippen LogP contribution < -0.4 is 0 Å². The third-order valence-electron chi connectivity index (χ3n) is 3.39. The summed E-state index contributed by atoms with van der Waals surface area (Å²) in [5.74, 6) is 0. The Morgan fingerprint density at radius 1 is 1.24 bits per heavy atom. The number of aromatic nitrogens is 1. The number of aliphatic hydroxyl groups is 1. The van der Waals surface area contributed by atoms with Gasteiger partial charge in [0.05, 0.1) is 22.9 Å². The van der Waals surface area contributed by atoms with Crippen molar-refractivity contribution in [2.24, 2.45) is 0 Å². The van der Waals surface area contributed by atoms with Gasteiger partial charge in [-0.15, -0.1) is 11.3 Å². The van der Waals surface area contributed by atoms with Crippen molar-refractivity contribution in [2.45, 2.75) is 45.3 Å². The smallest absolute Gasteiger partial charge is 0.0959 e. The summed E-state index contributed by atoms with van der Waals surface area (Å²) >= 11 is 1.60. The van der Waals surface area contributed by atoms with Crippen LogP contribution in [0.25, 0.3) is 11.3 Å². The van der Waals surface area contributed by atoms with Crippen LogP contribution in [0.3, 0.4) is 0 Å². The predicted molar refractivity (Wildman–Crippen MR) is 87.6 cm³/mol. The molecule has 0 amide bonds. The number of benzene rings is 1. The molecule has 1 aromatic carbocycles. The highest BCUT2D eigenvalue weighted by molar-refractivity contribution is 7.09. The van der Waals surface area contributed by atoms with Crippen molar-refractivity contribution in [1.29, 1.82) is 0 Å². The molecular formula is C17H23NO2S. The van der Waals surface area contributed by atoms with E-state index in [9.17, 15) is 5.11 Å². The predicted octanol–water partition coefficient (Wildman–Crippen LogP) is 3.92. The maximum absolute atomic E-state index is 10.3. The first kappa shape index (κ1) is 16.1. The summed E-state index contributed by atoms with van der Waals surface area (Å²) in [4.78, 5) is 4.63. The fourth-order valence-corrected chi connectivity index (χ4v) is 3.20. The van der Waals surface area contributed by atoms with Crippen LogP contribution in [0, 0.1) is 0 Å². The largest absolute Gasteiger partial charge is 0.390 e. The van der Waals surface area contributed by atoms with Gasteiger partial charge in [0.2, 0.25) is 0 Å². The number of ether oxygens (including phenoxy) is 1. The molecule has 114 valence electrons. The van der Waals surface area contributed by atoms with Gasteiger partial charge in [0.1, 0.15) is 0 Å². The average Bonchev–Trinajstić information content (AvgIpc) is 2.96. The van der Waals surface area contributed by atoms with Gasteiger partial charge in [0.15, 0.2) is 0 Å². The van der Waals surface area contributed by atoms with Crippen molar-refractivity contribution in [3.8, 4) is 11.3 Å². The van der Waals surface area contributed by atoms with Crippen LogP contribution in [-0.4, -0.2) is 28.9 Å². The molecular weight excluding hydrogens is 282 g/mol. The summed E-state index contributed by atoms with van der Waals surface area (Å²) in [5.41, 5.74) is 2.09. The van der Waals surface area contributed by atoms with E-state index in [1.54, 1.807) is 11.3 Å². The molecule has 0 spiro atoms. The number of nitrogens with zero attached hydrogens (tertiary/aromatic N) is 1. The Labute approximate surface area is 130 Å². The summed E-state index contributed by atoms with van der Waals surface area (Å²) in [6.45, 7) is 4.71. The van der Waals surface area contributed by atoms with Crippen molar-refractivity contribution < 1.29 is 9.84 Å². The molecule has 0 saturated carbocycles. The zero-order chi connectivity index (χ0) is 15.1. The summed E-state index contributed by atoms with van der Waals surface area (Å²) in [6.07, 6.45) is 1.87. The molecule has 4 heteroatoms. The van der Waals surface area contributed by atoms with E-state index < -0.39 is 6.10 Å². The second kappa shape index (κ2) is 8.27. The molecule has 1 aromatic heterocycles. The lowest BCUT2D eigenvalue weighted by Crippen LogP contribution is -2.30. The molecule has 1 heterocycles. The Hall–Kier alpha value is -1.23. The highest BCUT2D eigenvalue weighted by atomic mass is 32.1. The molecule has 0 saturated heterocycles. The molecule has 0 bridgehead atoms. The van der Waals surface area contributed by atoms with Crippen LogP contribution >= 0.6 is 11.3 Å². The van der Waals surface area contributed by atoms with E-state index in [4.69, 9.17) is 4.74 Å². The fourth-order valence-electron chi connectivity index (χ4n) is 2.34.